The van der Waals surface area contributed by atoms with Gasteiger partial charge in [0.1, 0.15) is 5.82 Å². The summed E-state index contributed by atoms with van der Waals surface area (Å²) in [5, 5.41) is 44.9. The zero-order chi connectivity index (χ0) is 180. The van der Waals surface area contributed by atoms with E-state index in [2.05, 4.69) is 320 Å². The molecule has 0 saturated carbocycles. The van der Waals surface area contributed by atoms with Crippen LogP contribution in [0.5, 0.6) is 0 Å². The molecule has 0 spiro atoms. The van der Waals surface area contributed by atoms with Crippen molar-refractivity contribution in [2.45, 2.75) is 27.7 Å². The molecule has 0 unspecified atom stereocenters. The Labute approximate surface area is 892 Å². The molecule has 7 aromatic heterocycles. The van der Waals surface area contributed by atoms with Gasteiger partial charge in [-0.15, -0.1) is 0 Å². The van der Waals surface area contributed by atoms with E-state index >= 15 is 0 Å². The van der Waals surface area contributed by atoms with Gasteiger partial charge in [0.15, 0.2) is 0 Å². The third kappa shape index (κ3) is 14.3. The van der Waals surface area contributed by atoms with Gasteiger partial charge in [0, 0.05) is 254 Å². The van der Waals surface area contributed by atoms with E-state index in [4.69, 9.17) is 148 Å². The number of hydrogen-bond acceptors (Lipinski definition) is 9. The molecule has 0 N–H and O–H groups in total. The molecule has 0 atom stereocenters. The lowest BCUT2D eigenvalue weighted by atomic mass is 9.95. The third-order valence-electron chi connectivity index (χ3n) is 25.0. The van der Waals surface area contributed by atoms with Gasteiger partial charge in [-0.25, -0.2) is 15.0 Å². The largest absolute Gasteiger partial charge is 0.264 e. The highest BCUT2D eigenvalue weighted by atomic mass is 14.9. The predicted molar refractivity (Wildman–Crippen MR) is 647 cm³/mol. The van der Waals surface area contributed by atoms with Gasteiger partial charge in [0.25, 0.3) is 0 Å². The first-order chi connectivity index (χ1) is 110. The van der Waals surface area contributed by atoms with Crippen molar-refractivity contribution < 1.29 is 138 Å². The zero-order valence-corrected chi connectivity index (χ0v) is 71.8. The summed E-state index contributed by atoms with van der Waals surface area (Å²) in [4.78, 5) is 40.5. The summed E-state index contributed by atoms with van der Waals surface area (Å²) in [5.74, 6) is 0.813. The van der Waals surface area contributed by atoms with Crippen molar-refractivity contribution in [3.8, 4) is 0 Å². The zero-order valence-electron chi connectivity index (χ0n) is 165. The van der Waals surface area contributed by atoms with Crippen molar-refractivity contribution >= 4 is 227 Å². The molecule has 0 aliphatic heterocycles. The van der Waals surface area contributed by atoms with Crippen LogP contribution in [0.3, 0.4) is 0 Å². The van der Waals surface area contributed by atoms with Crippen molar-refractivity contribution in [2.24, 2.45) is 0 Å². The fourth-order valence-electron chi connectivity index (χ4n) is 19.2. The standard InChI is InChI=1S/2C18H13N.C18H12.2C17H12N2.C17H11N.C16H10N2.45H2/c1-12-10-17-15-8-4-2-6-13(15)14-7-3-5-9-16(14)18(17)11-19-12;1-12-10-11-17-15-8-3-2-6-13(15)14-7-4-5-9-16(14)18(17)19-12;1-2-8-14-13(7-1)15-9-3-4-11-17(15)18-12-6-5-10-16(14)18;1-11-10-18-16-14-8-4-2-6-12(14)13-7-3-5-9-15(13)17(16)19-11;1-11-18-10-16-14-8-3-2-6-12(14)13-7-4-5-9-15(13)17(16)19-11;1-2-7-14-12(6-1)13-8-3-4-9-15(13)17-16(14)10-5-11-18-17;1-2-4-12-11(3-1)13-5-7-17-10-16(13)14-6-8-18-9-15(12)14;;;;;;;;;;;;;;;;;;;;;;;;;;;;;;;;;;;;;;;;;;;;;/h2*2-11H,1H3;1-12H;2*2-10H,1H3;1-11H;1-10H;45*1H/i;;1D;;;2*2D;45*1+1D. The monoisotopic (exact) mass is 1850 g/mol. The molecule has 0 aliphatic rings. The molecule has 0 radical (unpaired) electrons. The molecule has 7 heterocycles. The number of pyridine rings is 5. The van der Waals surface area contributed by atoms with E-state index < -0.39 is 0 Å². The molecule has 0 amide bonds. The second-order valence-corrected chi connectivity index (χ2v) is 32.8. The first kappa shape index (κ1) is 42.8. The highest BCUT2D eigenvalue weighted by molar-refractivity contribution is 6.31. The molecule has 28 rings (SSSR count). The molecule has 0 bridgehead atoms. The van der Waals surface area contributed by atoms with Gasteiger partial charge in [-0.2, -0.15) is 0 Å². The lowest BCUT2D eigenvalue weighted by Gasteiger charge is -2.10. The molecule has 0 saturated heterocycles. The minimum Gasteiger partial charge on any atom is -0.264 e. The Kier molecular flexibility index (Phi) is 11.2. The van der Waals surface area contributed by atoms with Crippen LogP contribution >= 0.6 is 0 Å². The predicted octanol–water partition coefficient (Wildman–Crippen LogP) is 42.9. The van der Waals surface area contributed by atoms with E-state index in [1.807, 2.05) is 150 Å². The first-order valence-corrected chi connectivity index (χ1v) is 43.7. The molecule has 21 aromatic carbocycles. The van der Waals surface area contributed by atoms with Crippen LogP contribution in [0.4, 0.5) is 0 Å². The van der Waals surface area contributed by atoms with Gasteiger partial charge in [-0.1, -0.05) is 352 Å². The highest BCUT2D eigenvalue weighted by Gasteiger charge is 2.17. The number of hydrogen-bond donors (Lipinski definition) is 0. The molecular formula is C121H173N9. The molecular weight excluding hydrogens is 1580 g/mol. The van der Waals surface area contributed by atoms with Crippen LogP contribution in [-0.2, 0) is 0 Å². The highest BCUT2D eigenvalue weighted by Crippen LogP contribution is 2.42. The number of nitrogens with zero attached hydrogens (tertiary/aromatic N) is 9. The fourth-order valence-corrected chi connectivity index (χ4v) is 19.2. The van der Waals surface area contributed by atoms with Crippen molar-refractivity contribution in [3.05, 3.63) is 455 Å². The number of fused-ring (bicyclic) bond motifs is 42. The van der Waals surface area contributed by atoms with Crippen molar-refractivity contribution in [1.82, 2.24) is 44.9 Å². The Balaban J connectivity index is -0.0000000867. The number of benzene rings is 21. The van der Waals surface area contributed by atoms with Gasteiger partial charge < -0.3 is 0 Å². The summed E-state index contributed by atoms with van der Waals surface area (Å²) in [6, 6.07) is 127. The van der Waals surface area contributed by atoms with Crippen molar-refractivity contribution in [1.29, 1.82) is 0 Å². The van der Waals surface area contributed by atoms with E-state index in [1.54, 1.807) is 6.20 Å². The Morgan fingerprint density at radius 2 is 0.438 bits per heavy atom. The topological polar surface area (TPSA) is 116 Å². The Morgan fingerprint density at radius 3 is 0.862 bits per heavy atom. The summed E-state index contributed by atoms with van der Waals surface area (Å²) in [5.41, 5.74) is 8.22. The molecule has 9 heteroatoms. The maximum absolute atomic E-state index is 7.86. The van der Waals surface area contributed by atoms with Crippen molar-refractivity contribution in [2.75, 3.05) is 0 Å². The van der Waals surface area contributed by atoms with Crippen LogP contribution in [0.2, 0.25) is 0 Å². The Bertz CT molecular complexity index is 7980. The second kappa shape index (κ2) is 34.2. The summed E-state index contributed by atoms with van der Waals surface area (Å²) >= 11 is 0. The molecule has 130 heavy (non-hydrogen) atoms. The summed E-state index contributed by atoms with van der Waals surface area (Å²) in [6.07, 6.45) is 15.0. The molecule has 0 fully saturated rings. The Morgan fingerprint density at radius 1 is 0.169 bits per heavy atom. The number of rotatable bonds is 0. The number of aryl methyl sites for hydroxylation is 4. The lowest BCUT2D eigenvalue weighted by molar-refractivity contribution is 1.10. The number of aromatic nitrogens is 9. The molecule has 28 aromatic rings. The minimum absolute atomic E-state index is 0.519. The van der Waals surface area contributed by atoms with E-state index in [0.29, 0.717) is 18.1 Å². The van der Waals surface area contributed by atoms with Crippen LogP contribution in [0.1, 0.15) is 161 Å². The molecule has 0 aliphatic carbocycles. The summed E-state index contributed by atoms with van der Waals surface area (Å²) in [7, 11) is 0. The summed E-state index contributed by atoms with van der Waals surface area (Å²) < 4.78 is 474. The fraction of sp³-hybridized carbons (Fsp3) is 0.0331. The maximum atomic E-state index is 7.86. The van der Waals surface area contributed by atoms with Gasteiger partial charge in [-0.3, -0.25) is 29.9 Å². The molecule has 9 nitrogen and oxygen atoms in total. The Hall–Kier alpha value is -17.0. The van der Waals surface area contributed by atoms with Crippen LogP contribution < -0.4 is 0 Å². The quantitative estimate of drug-likeness (QED) is 0.137. The van der Waals surface area contributed by atoms with E-state index in [0.717, 1.165) is 93.6 Å². The van der Waals surface area contributed by atoms with Gasteiger partial charge >= 0.3 is 0 Å². The SMILES string of the molecule is Cc1cc2c3ccccc3c3ccccc3c2cn1.Cc1ccc2c3ccccc3c3ccccc3c2n1.Cc1cnc2c3ccccc3c3ccccc3c2n1.Cc1ncc2c3ccccc3c3ccccc3c2n1.[2H][2H].[2H][2H].[2H][2H].[2H][2H].[2H][2H].[2H][2H].[2H][2H].[2H][2H].[2H][2H].[2H][2H].[2H][2H].[2H][2H].[2H][2H].[2H][2H].[2H][2H].[2H][2H].[2H][2H].[2H][2H].[2H][2H].[2H][2H].[2H][2H].[2H][2H].[2H][2H].[2H][2H].[2H][2H].[2H][2H].[2H][2H].[2H][2H].[2H][2H].[2H][2H].[2H][2H].[2H][2H].[2H][2H].[2H][2H].[2H][2H].[2H][2H].[2H][2H].[2H][2H].[2H][2H].[2H][2H].[2H][2H].[2H][2H].[2H][2H].[2H][2H].[2H][2H].[2H]c1ccc2c3ccccc3c3ccccc3c2c1.[2H]c1ccc2c3ccccc3c3ncccc3c2c1.[2H]c1ccc2c3ccncc3c3ccncc3c2c1. The van der Waals surface area contributed by atoms with E-state index in [1.165, 1.54) is 156 Å². The van der Waals surface area contributed by atoms with Gasteiger partial charge in [0.2, 0.25) is 0 Å². The van der Waals surface area contributed by atoms with Crippen LogP contribution in [-0.4, -0.2) is 44.9 Å². The average Bonchev–Trinajstić information content (AvgIpc) is 0.767. The lowest BCUT2D eigenvalue weighted by Crippen LogP contribution is -1.90. The molecule has 702 valence electrons. The third-order valence-corrected chi connectivity index (χ3v) is 25.0. The first-order valence-electron chi connectivity index (χ1n) is 90.2. The second-order valence-electron chi connectivity index (χ2n) is 32.8. The average molecular weight is 1850 g/mol. The van der Waals surface area contributed by atoms with Crippen LogP contribution in [0.15, 0.2) is 432 Å². The van der Waals surface area contributed by atoms with Crippen molar-refractivity contribution in [3.63, 3.8) is 0 Å². The van der Waals surface area contributed by atoms with Gasteiger partial charge in [-0.05, 0) is 198 Å². The van der Waals surface area contributed by atoms with Gasteiger partial charge in [0.05, 0.1) is 37.4 Å². The normalized spacial score (nSPS) is 14.5. The maximum Gasteiger partial charge on any atom is 0.125 e. The van der Waals surface area contributed by atoms with E-state index in [-0.39, 0.29) is 0 Å². The minimum atomic E-state index is 0.519. The smallest absolute Gasteiger partial charge is 0.125 e. The van der Waals surface area contributed by atoms with Crippen LogP contribution in [0.25, 0.3) is 227 Å². The summed E-state index contributed by atoms with van der Waals surface area (Å²) in [6.45, 7) is 8.01. The van der Waals surface area contributed by atoms with E-state index in [9.17, 15) is 0 Å². The van der Waals surface area contributed by atoms with Crippen LogP contribution in [0, 0.1) is 27.7 Å².